The first kappa shape index (κ1) is 22.5. The third-order valence-electron chi connectivity index (χ3n) is 4.12. The van der Waals surface area contributed by atoms with Crippen LogP contribution in [-0.2, 0) is 25.6 Å². The van der Waals surface area contributed by atoms with Gasteiger partial charge in [-0.05, 0) is 35.4 Å². The van der Waals surface area contributed by atoms with E-state index in [-0.39, 0.29) is 17.1 Å². The predicted octanol–water partition coefficient (Wildman–Crippen LogP) is 4.55. The van der Waals surface area contributed by atoms with E-state index in [0.717, 1.165) is 12.8 Å². The fourth-order valence-corrected chi connectivity index (χ4v) is 9.29. The van der Waals surface area contributed by atoms with Crippen LogP contribution in [0.2, 0.25) is 0 Å². The van der Waals surface area contributed by atoms with Crippen molar-refractivity contribution in [3.8, 4) is 0 Å². The number of hydrogen-bond acceptors (Lipinski definition) is 8. The van der Waals surface area contributed by atoms with Crippen molar-refractivity contribution in [1.82, 2.24) is 9.39 Å². The maximum atomic E-state index is 11.2. The Balaban J connectivity index is 1.99. The molecule has 2 rings (SSSR count). The van der Waals surface area contributed by atoms with E-state index < -0.39 is 12.7 Å². The maximum Gasteiger partial charge on any atom is 0.407 e. The van der Waals surface area contributed by atoms with Crippen LogP contribution in [0.25, 0.3) is 0 Å². The van der Waals surface area contributed by atoms with Crippen molar-refractivity contribution in [2.75, 3.05) is 26.9 Å². The average Bonchev–Trinajstić information content (AvgIpc) is 2.63. The molecule has 0 spiro atoms. The molecule has 1 aliphatic carbocycles. The van der Waals surface area contributed by atoms with Crippen LogP contribution in [0, 0.1) is 10.8 Å². The molecule has 0 aromatic carbocycles. The minimum Gasteiger partial charge on any atom is -0.442 e. The SMILES string of the molecule is CNC(=O)OCC(=N)SSN(C1CCCCC1)P1(=S)OCC(C)(C)CO1. The topological polar surface area (TPSA) is 83.9 Å². The second kappa shape index (κ2) is 10.1. The lowest BCUT2D eigenvalue weighted by Gasteiger charge is -2.44. The van der Waals surface area contributed by atoms with Crippen LogP contribution in [0.1, 0.15) is 46.0 Å². The molecule has 2 fully saturated rings. The van der Waals surface area contributed by atoms with E-state index in [1.165, 1.54) is 48.1 Å². The summed E-state index contributed by atoms with van der Waals surface area (Å²) in [5.74, 6) is 0. The molecule has 1 heterocycles. The molecule has 2 N–H and O–H groups in total. The smallest absolute Gasteiger partial charge is 0.407 e. The zero-order valence-electron chi connectivity index (χ0n) is 15.5. The van der Waals surface area contributed by atoms with Crippen molar-refractivity contribution in [3.05, 3.63) is 0 Å². The Morgan fingerprint density at radius 2 is 1.96 bits per heavy atom. The molecule has 0 aromatic heterocycles. The van der Waals surface area contributed by atoms with Crippen LogP contribution in [0.3, 0.4) is 0 Å². The van der Waals surface area contributed by atoms with Gasteiger partial charge in [0.2, 0.25) is 0 Å². The quantitative estimate of drug-likeness (QED) is 0.204. The fraction of sp³-hybridized carbons (Fsp3) is 0.867. The van der Waals surface area contributed by atoms with E-state index in [2.05, 4.69) is 23.2 Å². The van der Waals surface area contributed by atoms with Gasteiger partial charge >= 0.3 is 6.09 Å². The first-order valence-electron chi connectivity index (χ1n) is 8.71. The zero-order chi connectivity index (χ0) is 19.2. The Morgan fingerprint density at radius 3 is 2.54 bits per heavy atom. The molecular formula is C15H28N3O4PS3. The molecule has 1 saturated carbocycles. The van der Waals surface area contributed by atoms with Crippen LogP contribution < -0.4 is 5.32 Å². The predicted molar refractivity (Wildman–Crippen MR) is 112 cm³/mol. The van der Waals surface area contributed by atoms with Gasteiger partial charge in [-0.25, -0.2) is 4.79 Å². The highest BCUT2D eigenvalue weighted by molar-refractivity contribution is 8.82. The summed E-state index contributed by atoms with van der Waals surface area (Å²) in [5, 5.41) is 10.6. The molecule has 1 aliphatic heterocycles. The number of carbonyl (C=O) groups excluding carboxylic acids is 1. The van der Waals surface area contributed by atoms with Crippen molar-refractivity contribution in [2.24, 2.45) is 5.41 Å². The summed E-state index contributed by atoms with van der Waals surface area (Å²) >= 11 is 5.83. The Bertz CT molecular complexity index is 544. The second-order valence-corrected chi connectivity index (χ2v) is 12.9. The first-order valence-corrected chi connectivity index (χ1v) is 13.4. The molecule has 0 atom stereocenters. The average molecular weight is 442 g/mol. The van der Waals surface area contributed by atoms with Gasteiger partial charge in [0, 0.05) is 29.5 Å². The second-order valence-electron chi connectivity index (χ2n) is 7.18. The number of hydrogen-bond donors (Lipinski definition) is 2. The van der Waals surface area contributed by atoms with Crippen LogP contribution in [0.15, 0.2) is 0 Å². The van der Waals surface area contributed by atoms with Crippen molar-refractivity contribution >= 4 is 51.4 Å². The molecule has 0 aromatic rings. The lowest BCUT2D eigenvalue weighted by molar-refractivity contribution is 0.0470. The van der Waals surface area contributed by atoms with Crippen LogP contribution in [-0.4, -0.2) is 48.1 Å². The zero-order valence-corrected chi connectivity index (χ0v) is 18.8. The van der Waals surface area contributed by atoms with Gasteiger partial charge in [-0.1, -0.05) is 33.1 Å². The highest BCUT2D eigenvalue weighted by atomic mass is 33.1. The number of nitrogens with zero attached hydrogens (tertiary/aromatic N) is 1. The minimum atomic E-state index is -2.58. The van der Waals surface area contributed by atoms with Gasteiger partial charge in [0.25, 0.3) is 6.64 Å². The van der Waals surface area contributed by atoms with Gasteiger partial charge in [-0.2, -0.15) is 4.08 Å². The third-order valence-corrected chi connectivity index (χ3v) is 10.7. The van der Waals surface area contributed by atoms with E-state index in [9.17, 15) is 4.79 Å². The Hall–Kier alpha value is 0.170. The van der Waals surface area contributed by atoms with E-state index in [1.807, 2.05) is 0 Å². The molecule has 2 aliphatic rings. The summed E-state index contributed by atoms with van der Waals surface area (Å²) < 4.78 is 19.2. The molecule has 11 heteroatoms. The highest BCUT2D eigenvalue weighted by Crippen LogP contribution is 2.63. The minimum absolute atomic E-state index is 0.0353. The normalized spacial score (nSPS) is 22.8. The lowest BCUT2D eigenvalue weighted by atomic mass is 9.96. The lowest BCUT2D eigenvalue weighted by Crippen LogP contribution is -2.36. The van der Waals surface area contributed by atoms with Gasteiger partial charge < -0.3 is 19.1 Å². The van der Waals surface area contributed by atoms with E-state index in [0.29, 0.717) is 19.3 Å². The summed E-state index contributed by atoms with van der Waals surface area (Å²) in [5.41, 5.74) is -0.0353. The van der Waals surface area contributed by atoms with Crippen LogP contribution >= 0.6 is 28.4 Å². The molecule has 7 nitrogen and oxygen atoms in total. The highest BCUT2D eigenvalue weighted by Gasteiger charge is 2.42. The molecule has 26 heavy (non-hydrogen) atoms. The number of rotatable bonds is 6. The van der Waals surface area contributed by atoms with Gasteiger partial charge in [0.1, 0.15) is 11.7 Å². The number of amides is 1. The summed E-state index contributed by atoms with van der Waals surface area (Å²) in [4.78, 5) is 11.2. The number of ether oxygens (including phenoxy) is 1. The third kappa shape index (κ3) is 6.65. The van der Waals surface area contributed by atoms with Crippen molar-refractivity contribution < 1.29 is 18.6 Å². The fourth-order valence-electron chi connectivity index (χ4n) is 2.62. The monoisotopic (exact) mass is 441 g/mol. The Kier molecular flexibility index (Phi) is 8.72. The molecule has 0 unspecified atom stereocenters. The molecular weight excluding hydrogens is 413 g/mol. The molecule has 1 saturated heterocycles. The van der Waals surface area contributed by atoms with Gasteiger partial charge in [-0.3, -0.25) is 5.41 Å². The summed E-state index contributed by atoms with van der Waals surface area (Å²) in [6, 6.07) is 0.293. The first-order chi connectivity index (χ1) is 12.3. The van der Waals surface area contributed by atoms with Gasteiger partial charge in [0.15, 0.2) is 0 Å². The van der Waals surface area contributed by atoms with E-state index in [1.54, 1.807) is 0 Å². The van der Waals surface area contributed by atoms with E-state index in [4.69, 9.17) is 31.0 Å². The number of alkyl carbamates (subject to hydrolysis) is 1. The maximum absolute atomic E-state index is 11.2. The summed E-state index contributed by atoms with van der Waals surface area (Å²) in [6.45, 7) is 2.72. The number of nitrogens with one attached hydrogen (secondary N) is 2. The van der Waals surface area contributed by atoms with Gasteiger partial charge in [0.05, 0.1) is 13.2 Å². The molecule has 1 amide bonds. The van der Waals surface area contributed by atoms with E-state index >= 15 is 0 Å². The van der Waals surface area contributed by atoms with Crippen molar-refractivity contribution in [1.29, 1.82) is 5.41 Å². The molecule has 0 radical (unpaired) electrons. The van der Waals surface area contributed by atoms with Crippen LogP contribution in [0.4, 0.5) is 4.79 Å². The summed E-state index contributed by atoms with van der Waals surface area (Å²) in [7, 11) is 4.14. The standard InChI is InChI=1S/C15H28N3O4PS3/c1-15(2)10-21-23(24,22-11-15)18(12-7-5-4-6-8-12)26-25-13(16)9-20-14(19)17-3/h12,16H,4-11H2,1-3H3,(H,17,19). The van der Waals surface area contributed by atoms with Gasteiger partial charge in [-0.15, -0.1) is 0 Å². The van der Waals surface area contributed by atoms with Crippen molar-refractivity contribution in [3.63, 3.8) is 0 Å². The molecule has 150 valence electrons. The van der Waals surface area contributed by atoms with Crippen LogP contribution in [0.5, 0.6) is 0 Å². The largest absolute Gasteiger partial charge is 0.442 e. The molecule has 0 bridgehead atoms. The summed E-state index contributed by atoms with van der Waals surface area (Å²) in [6.07, 6.45) is 5.16. The Morgan fingerprint density at radius 1 is 1.35 bits per heavy atom. The van der Waals surface area contributed by atoms with Crippen molar-refractivity contribution in [2.45, 2.75) is 52.0 Å². The number of carbonyl (C=O) groups is 1. The Labute approximate surface area is 168 Å².